The van der Waals surface area contributed by atoms with E-state index >= 15 is 0 Å². The molecule has 0 bridgehead atoms. The van der Waals surface area contributed by atoms with Crippen LogP contribution in [0.5, 0.6) is 0 Å². The van der Waals surface area contributed by atoms with E-state index in [1.807, 2.05) is 6.07 Å². The molecule has 6 rings (SSSR count). The van der Waals surface area contributed by atoms with E-state index in [9.17, 15) is 19.2 Å². The van der Waals surface area contributed by atoms with Gasteiger partial charge in [-0.15, -0.1) is 0 Å². The van der Waals surface area contributed by atoms with E-state index in [1.54, 1.807) is 42.5 Å². The van der Waals surface area contributed by atoms with Crippen LogP contribution >= 0.6 is 0 Å². The quantitative estimate of drug-likeness (QED) is 0.236. The molecule has 4 amide bonds. The molecule has 0 fully saturated rings. The Morgan fingerprint density at radius 2 is 1.16 bits per heavy atom. The van der Waals surface area contributed by atoms with Gasteiger partial charge in [0.2, 0.25) is 11.8 Å². The molecule has 1 heterocycles. The molecule has 1 aliphatic rings. The minimum absolute atomic E-state index is 0.236. The average Bonchev–Trinajstić information content (AvgIpc) is 2.75. The van der Waals surface area contributed by atoms with Gasteiger partial charge >= 0.3 is 0 Å². The number of nitrogens with one attached hydrogen (secondary N) is 1. The molecule has 1 aliphatic heterocycles. The zero-order valence-corrected chi connectivity index (χ0v) is 15.9. The van der Waals surface area contributed by atoms with Crippen LogP contribution in [0.15, 0.2) is 48.5 Å². The Morgan fingerprint density at radius 3 is 1.77 bits per heavy atom. The van der Waals surface area contributed by atoms with Gasteiger partial charge in [-0.05, 0) is 68.0 Å². The smallest absolute Gasteiger partial charge is 0.258 e. The second-order valence-electron chi connectivity index (χ2n) is 7.69. The molecule has 5 aromatic carbocycles. The highest BCUT2D eigenvalue weighted by Gasteiger charge is 2.28. The summed E-state index contributed by atoms with van der Waals surface area (Å²) in [7, 11) is 0. The second-order valence-corrected chi connectivity index (χ2v) is 7.69. The minimum atomic E-state index is -0.637. The number of benzene rings is 5. The summed E-state index contributed by atoms with van der Waals surface area (Å²) in [6.07, 6.45) is 0. The van der Waals surface area contributed by atoms with Gasteiger partial charge in [0, 0.05) is 27.6 Å². The number of rotatable bonds is 2. The van der Waals surface area contributed by atoms with E-state index in [4.69, 9.17) is 11.5 Å². The highest BCUT2D eigenvalue weighted by Crippen LogP contribution is 2.44. The van der Waals surface area contributed by atoms with Crippen molar-refractivity contribution in [3.63, 3.8) is 0 Å². The highest BCUT2D eigenvalue weighted by molar-refractivity contribution is 6.39. The van der Waals surface area contributed by atoms with Gasteiger partial charge in [-0.2, -0.15) is 0 Å². The molecular weight excluding hydrogens is 394 g/mol. The average molecular weight is 407 g/mol. The largest absolute Gasteiger partial charge is 0.366 e. The summed E-state index contributed by atoms with van der Waals surface area (Å²) in [5.41, 5.74) is 12.5. The van der Waals surface area contributed by atoms with Crippen LogP contribution in [-0.4, -0.2) is 23.6 Å². The van der Waals surface area contributed by atoms with Crippen molar-refractivity contribution in [1.82, 2.24) is 5.32 Å². The standard InChI is InChI=1S/C24H13N3O4/c25-21(28)9-7-16-12-3-6-15-20-14(23(30)27-24(15)31)5-2-11(19(12)20)10-1-4-13(22(26)29)17(8-9)18(10)16/h1-8H,(H2,25,28)(H2,26,29)(H,27,30,31). The Labute approximate surface area is 173 Å². The van der Waals surface area contributed by atoms with Crippen LogP contribution in [0.4, 0.5) is 0 Å². The normalized spacial score (nSPS) is 13.4. The van der Waals surface area contributed by atoms with Crippen LogP contribution in [0.2, 0.25) is 0 Å². The summed E-state index contributed by atoms with van der Waals surface area (Å²) in [6.45, 7) is 0. The summed E-state index contributed by atoms with van der Waals surface area (Å²) in [6, 6.07) is 13.7. The number of hydrogen-bond acceptors (Lipinski definition) is 4. The Balaban J connectivity index is 1.97. The summed E-state index contributed by atoms with van der Waals surface area (Å²) < 4.78 is 0. The number of carbonyl (C=O) groups excluding carboxylic acids is 4. The van der Waals surface area contributed by atoms with E-state index < -0.39 is 23.6 Å². The molecule has 0 atom stereocenters. The fourth-order valence-corrected chi connectivity index (χ4v) is 4.84. The summed E-state index contributed by atoms with van der Waals surface area (Å²) in [4.78, 5) is 49.1. The molecule has 148 valence electrons. The van der Waals surface area contributed by atoms with Crippen LogP contribution in [0.1, 0.15) is 41.4 Å². The van der Waals surface area contributed by atoms with Gasteiger partial charge in [0.1, 0.15) is 0 Å². The minimum Gasteiger partial charge on any atom is -0.366 e. The zero-order chi connectivity index (χ0) is 21.6. The van der Waals surface area contributed by atoms with Gasteiger partial charge in [-0.3, -0.25) is 24.5 Å². The Morgan fingerprint density at radius 1 is 0.613 bits per heavy atom. The molecule has 0 unspecified atom stereocenters. The molecule has 0 saturated carbocycles. The fraction of sp³-hybridized carbons (Fsp3) is 0. The lowest BCUT2D eigenvalue weighted by molar-refractivity contribution is 0.0843. The number of fused-ring (bicyclic) bond motifs is 2. The van der Waals surface area contributed by atoms with E-state index in [0.29, 0.717) is 27.3 Å². The molecule has 0 aliphatic carbocycles. The van der Waals surface area contributed by atoms with E-state index in [0.717, 1.165) is 26.9 Å². The lowest BCUT2D eigenvalue weighted by Gasteiger charge is -2.21. The molecule has 5 aromatic rings. The Kier molecular flexibility index (Phi) is 3.10. The van der Waals surface area contributed by atoms with Crippen molar-refractivity contribution in [2.45, 2.75) is 0 Å². The van der Waals surface area contributed by atoms with Crippen molar-refractivity contribution in [2.75, 3.05) is 0 Å². The third-order valence-corrected chi connectivity index (χ3v) is 6.12. The topological polar surface area (TPSA) is 132 Å². The maximum atomic E-state index is 12.5. The number of amides is 4. The van der Waals surface area contributed by atoms with Crippen LogP contribution in [0.3, 0.4) is 0 Å². The molecule has 5 N–H and O–H groups in total. The maximum Gasteiger partial charge on any atom is 0.258 e. The first-order valence-electron chi connectivity index (χ1n) is 9.53. The predicted octanol–water partition coefficient (Wildman–Crippen LogP) is 2.82. The number of hydrogen-bond donors (Lipinski definition) is 3. The SMILES string of the molecule is NC(=O)c1cc2c(C(N)=O)ccc3c4ccc5c6c(ccc(c(c1)c23)c64)C(=O)NC5=O. The van der Waals surface area contributed by atoms with Gasteiger partial charge in [0.25, 0.3) is 11.8 Å². The molecule has 7 nitrogen and oxygen atoms in total. The second kappa shape index (κ2) is 5.54. The van der Waals surface area contributed by atoms with Crippen molar-refractivity contribution < 1.29 is 19.2 Å². The molecule has 0 saturated heterocycles. The van der Waals surface area contributed by atoms with Crippen LogP contribution in [0.25, 0.3) is 43.1 Å². The number of nitrogens with two attached hydrogens (primary N) is 2. The van der Waals surface area contributed by atoms with E-state index in [2.05, 4.69) is 5.32 Å². The molecule has 31 heavy (non-hydrogen) atoms. The van der Waals surface area contributed by atoms with Gasteiger partial charge in [-0.1, -0.05) is 18.2 Å². The molecular formula is C24H13N3O4. The van der Waals surface area contributed by atoms with Crippen LogP contribution in [-0.2, 0) is 0 Å². The number of carbonyl (C=O) groups is 4. The van der Waals surface area contributed by atoms with Crippen molar-refractivity contribution in [3.8, 4) is 0 Å². The third-order valence-electron chi connectivity index (χ3n) is 6.12. The van der Waals surface area contributed by atoms with Crippen LogP contribution in [0, 0.1) is 0 Å². The molecule has 0 aromatic heterocycles. The first kappa shape index (κ1) is 17.3. The van der Waals surface area contributed by atoms with Gasteiger partial charge in [-0.25, -0.2) is 0 Å². The predicted molar refractivity (Wildman–Crippen MR) is 116 cm³/mol. The van der Waals surface area contributed by atoms with Crippen molar-refractivity contribution in [2.24, 2.45) is 11.5 Å². The monoisotopic (exact) mass is 407 g/mol. The number of primary amides is 2. The van der Waals surface area contributed by atoms with Gasteiger partial charge in [0.15, 0.2) is 0 Å². The fourth-order valence-electron chi connectivity index (χ4n) is 4.84. The van der Waals surface area contributed by atoms with Gasteiger partial charge in [0.05, 0.1) is 0 Å². The van der Waals surface area contributed by atoms with Crippen LogP contribution < -0.4 is 16.8 Å². The maximum absolute atomic E-state index is 12.5. The lowest BCUT2D eigenvalue weighted by Crippen LogP contribution is -2.34. The van der Waals surface area contributed by atoms with Gasteiger partial charge < -0.3 is 11.5 Å². The zero-order valence-electron chi connectivity index (χ0n) is 15.9. The Bertz CT molecular complexity index is 1680. The third kappa shape index (κ3) is 2.06. The summed E-state index contributed by atoms with van der Waals surface area (Å²) in [5, 5.41) is 8.08. The molecule has 0 spiro atoms. The van der Waals surface area contributed by atoms with Crippen molar-refractivity contribution in [3.05, 3.63) is 70.8 Å². The van der Waals surface area contributed by atoms with E-state index in [-0.39, 0.29) is 11.1 Å². The summed E-state index contributed by atoms with van der Waals surface area (Å²) in [5.74, 6) is -2.15. The molecule has 0 radical (unpaired) electrons. The Hall–Kier alpha value is -4.52. The first-order valence-corrected chi connectivity index (χ1v) is 9.53. The van der Waals surface area contributed by atoms with Crippen molar-refractivity contribution in [1.29, 1.82) is 0 Å². The number of imide groups is 1. The lowest BCUT2D eigenvalue weighted by atomic mass is 9.84. The summed E-state index contributed by atoms with van der Waals surface area (Å²) >= 11 is 0. The molecule has 7 heteroatoms. The van der Waals surface area contributed by atoms with Crippen molar-refractivity contribution >= 4 is 66.7 Å². The first-order chi connectivity index (χ1) is 14.9. The van der Waals surface area contributed by atoms with E-state index in [1.165, 1.54) is 0 Å². The highest BCUT2D eigenvalue weighted by atomic mass is 16.2.